The summed E-state index contributed by atoms with van der Waals surface area (Å²) in [6.07, 6.45) is 5.15. The van der Waals surface area contributed by atoms with Gasteiger partial charge in [0.05, 0.1) is 6.54 Å². The monoisotopic (exact) mass is 281 g/mol. The number of rotatable bonds is 4. The van der Waals surface area contributed by atoms with Crippen LogP contribution in [0.1, 0.15) is 32.6 Å². The zero-order valence-electron chi connectivity index (χ0n) is 13.5. The molecule has 20 heavy (non-hydrogen) atoms. The highest BCUT2D eigenvalue weighted by Gasteiger charge is 2.30. The highest BCUT2D eigenvalue weighted by atomic mass is 16.2. The van der Waals surface area contributed by atoms with Crippen LogP contribution in [0.3, 0.4) is 0 Å². The van der Waals surface area contributed by atoms with Crippen LogP contribution < -0.4 is 0 Å². The van der Waals surface area contributed by atoms with Crippen LogP contribution in [0, 0.1) is 11.8 Å². The molecule has 0 saturated carbocycles. The molecule has 0 aliphatic carbocycles. The van der Waals surface area contributed by atoms with Crippen molar-refractivity contribution < 1.29 is 4.79 Å². The highest BCUT2D eigenvalue weighted by molar-refractivity contribution is 5.78. The number of amides is 1. The van der Waals surface area contributed by atoms with E-state index in [0.29, 0.717) is 12.5 Å². The fourth-order valence-corrected chi connectivity index (χ4v) is 3.56. The van der Waals surface area contributed by atoms with Gasteiger partial charge in [0.15, 0.2) is 0 Å². The molecule has 2 fully saturated rings. The largest absolute Gasteiger partial charge is 0.342 e. The topological polar surface area (TPSA) is 26.8 Å². The molecule has 2 saturated heterocycles. The Labute approximate surface area is 124 Å². The number of likely N-dealkylation sites (tertiary alicyclic amines) is 2. The van der Waals surface area contributed by atoms with Crippen LogP contribution in [0.15, 0.2) is 0 Å². The van der Waals surface area contributed by atoms with Crippen LogP contribution in [0.25, 0.3) is 0 Å². The van der Waals surface area contributed by atoms with Gasteiger partial charge < -0.3 is 9.80 Å². The van der Waals surface area contributed by atoms with Crippen LogP contribution in [0.2, 0.25) is 0 Å². The maximum atomic E-state index is 12.2. The first kappa shape index (κ1) is 15.8. The Hall–Kier alpha value is -0.610. The third-order valence-electron chi connectivity index (χ3n) is 5.27. The molecule has 1 amide bonds. The fraction of sp³-hybridized carbons (Fsp3) is 0.938. The molecule has 0 spiro atoms. The van der Waals surface area contributed by atoms with Crippen molar-refractivity contribution in [1.82, 2.24) is 14.7 Å². The third-order valence-corrected chi connectivity index (χ3v) is 5.27. The first-order valence-electron chi connectivity index (χ1n) is 8.25. The van der Waals surface area contributed by atoms with Crippen molar-refractivity contribution in [3.8, 4) is 0 Å². The van der Waals surface area contributed by atoms with E-state index >= 15 is 0 Å². The second kappa shape index (κ2) is 7.41. The molecular formula is C16H31N3O. The number of piperidine rings is 2. The Kier molecular flexibility index (Phi) is 5.85. The summed E-state index contributed by atoms with van der Waals surface area (Å²) >= 11 is 0. The Bertz CT molecular complexity index is 305. The van der Waals surface area contributed by atoms with Crippen molar-refractivity contribution >= 4 is 5.91 Å². The van der Waals surface area contributed by atoms with Gasteiger partial charge in [-0.3, -0.25) is 9.69 Å². The van der Waals surface area contributed by atoms with E-state index in [4.69, 9.17) is 0 Å². The fourth-order valence-electron chi connectivity index (χ4n) is 3.56. The molecule has 0 bridgehead atoms. The average Bonchev–Trinajstić information content (AvgIpc) is 2.48. The molecule has 2 aliphatic rings. The summed E-state index contributed by atoms with van der Waals surface area (Å²) in [7, 11) is 4.24. The molecule has 4 nitrogen and oxygen atoms in total. The molecule has 2 aliphatic heterocycles. The predicted octanol–water partition coefficient (Wildman–Crippen LogP) is 1.52. The van der Waals surface area contributed by atoms with Crippen molar-refractivity contribution in [3.63, 3.8) is 0 Å². The summed E-state index contributed by atoms with van der Waals surface area (Å²) < 4.78 is 0. The van der Waals surface area contributed by atoms with Gasteiger partial charge in [0.25, 0.3) is 0 Å². The van der Waals surface area contributed by atoms with Gasteiger partial charge in [0.2, 0.25) is 5.91 Å². The van der Waals surface area contributed by atoms with Crippen LogP contribution in [0.4, 0.5) is 0 Å². The summed E-state index contributed by atoms with van der Waals surface area (Å²) in [4.78, 5) is 18.8. The molecule has 2 rings (SSSR count). The SMILES string of the molecule is CCN(C)CC(=O)N1CCC(C2CCN(C)CC2)CC1. The standard InChI is InChI=1S/C16H31N3O/c1-4-17(2)13-16(20)19-11-7-15(8-12-19)14-5-9-18(3)10-6-14/h14-15H,4-13H2,1-3H3. The second-order valence-corrected chi connectivity index (χ2v) is 6.69. The molecule has 0 N–H and O–H groups in total. The normalized spacial score (nSPS) is 23.5. The van der Waals surface area contributed by atoms with Crippen molar-refractivity contribution in [1.29, 1.82) is 0 Å². The van der Waals surface area contributed by atoms with E-state index < -0.39 is 0 Å². The van der Waals surface area contributed by atoms with Gasteiger partial charge in [-0.1, -0.05) is 6.92 Å². The van der Waals surface area contributed by atoms with Crippen molar-refractivity contribution in [3.05, 3.63) is 0 Å². The second-order valence-electron chi connectivity index (χ2n) is 6.69. The molecule has 0 aromatic carbocycles. The first-order chi connectivity index (χ1) is 9.60. The molecule has 116 valence electrons. The molecular weight excluding hydrogens is 250 g/mol. The van der Waals surface area contributed by atoms with E-state index in [1.165, 1.54) is 38.8 Å². The molecule has 0 aromatic heterocycles. The van der Waals surface area contributed by atoms with E-state index in [1.807, 2.05) is 7.05 Å². The minimum atomic E-state index is 0.316. The summed E-state index contributed by atoms with van der Waals surface area (Å²) in [6, 6.07) is 0. The zero-order chi connectivity index (χ0) is 14.5. The van der Waals surface area contributed by atoms with Crippen LogP contribution in [0.5, 0.6) is 0 Å². The molecule has 0 atom stereocenters. The van der Waals surface area contributed by atoms with E-state index in [1.54, 1.807) is 0 Å². The van der Waals surface area contributed by atoms with E-state index in [2.05, 4.69) is 28.7 Å². The van der Waals surface area contributed by atoms with Gasteiger partial charge in [-0.25, -0.2) is 0 Å². The first-order valence-corrected chi connectivity index (χ1v) is 8.25. The average molecular weight is 281 g/mol. The molecule has 2 heterocycles. The Morgan fingerprint density at radius 3 is 2.05 bits per heavy atom. The minimum Gasteiger partial charge on any atom is -0.342 e. The Morgan fingerprint density at radius 1 is 1.05 bits per heavy atom. The molecule has 4 heteroatoms. The van der Waals surface area contributed by atoms with Crippen molar-refractivity contribution in [2.75, 3.05) is 53.4 Å². The number of carbonyl (C=O) groups is 1. The lowest BCUT2D eigenvalue weighted by molar-refractivity contribution is -0.133. The van der Waals surface area contributed by atoms with E-state index in [0.717, 1.165) is 31.5 Å². The maximum absolute atomic E-state index is 12.2. The van der Waals surface area contributed by atoms with Crippen LogP contribution >= 0.6 is 0 Å². The lowest BCUT2D eigenvalue weighted by atomic mass is 9.79. The van der Waals surface area contributed by atoms with Crippen LogP contribution in [-0.4, -0.2) is 74.0 Å². The third kappa shape index (κ3) is 4.19. The zero-order valence-corrected chi connectivity index (χ0v) is 13.5. The lowest BCUT2D eigenvalue weighted by Crippen LogP contribution is -2.45. The van der Waals surface area contributed by atoms with Gasteiger partial charge in [0.1, 0.15) is 0 Å². The summed E-state index contributed by atoms with van der Waals surface area (Å²) in [6.45, 7) is 8.09. The lowest BCUT2D eigenvalue weighted by Gasteiger charge is -2.39. The molecule has 0 unspecified atom stereocenters. The van der Waals surface area contributed by atoms with Gasteiger partial charge >= 0.3 is 0 Å². The van der Waals surface area contributed by atoms with Gasteiger partial charge in [0, 0.05) is 13.1 Å². The summed E-state index contributed by atoms with van der Waals surface area (Å²) in [5, 5.41) is 0. The van der Waals surface area contributed by atoms with Crippen LogP contribution in [-0.2, 0) is 4.79 Å². The number of nitrogens with zero attached hydrogens (tertiary/aromatic N) is 3. The van der Waals surface area contributed by atoms with Crippen molar-refractivity contribution in [2.24, 2.45) is 11.8 Å². The number of hydrogen-bond donors (Lipinski definition) is 0. The summed E-state index contributed by atoms with van der Waals surface area (Å²) in [5.41, 5.74) is 0. The van der Waals surface area contributed by atoms with Gasteiger partial charge in [-0.2, -0.15) is 0 Å². The smallest absolute Gasteiger partial charge is 0.236 e. The Morgan fingerprint density at radius 2 is 1.55 bits per heavy atom. The predicted molar refractivity (Wildman–Crippen MR) is 82.7 cm³/mol. The van der Waals surface area contributed by atoms with Gasteiger partial charge in [-0.15, -0.1) is 0 Å². The molecule has 0 aromatic rings. The number of hydrogen-bond acceptors (Lipinski definition) is 3. The molecule has 0 radical (unpaired) electrons. The Balaban J connectivity index is 1.73. The minimum absolute atomic E-state index is 0.316. The number of likely N-dealkylation sites (N-methyl/N-ethyl adjacent to an activating group) is 1. The van der Waals surface area contributed by atoms with Crippen molar-refractivity contribution in [2.45, 2.75) is 32.6 Å². The highest BCUT2D eigenvalue weighted by Crippen LogP contribution is 2.32. The quantitative estimate of drug-likeness (QED) is 0.782. The van der Waals surface area contributed by atoms with E-state index in [9.17, 15) is 4.79 Å². The number of carbonyl (C=O) groups excluding carboxylic acids is 1. The maximum Gasteiger partial charge on any atom is 0.236 e. The van der Waals surface area contributed by atoms with E-state index in [-0.39, 0.29) is 0 Å². The van der Waals surface area contributed by atoms with Gasteiger partial charge in [-0.05, 0) is 71.2 Å². The summed E-state index contributed by atoms with van der Waals surface area (Å²) in [5.74, 6) is 2.08.